The minimum atomic E-state index is -3.78. The molecule has 0 spiro atoms. The maximum atomic E-state index is 13.4. The number of nitrogens with zero attached hydrogens (tertiary/aromatic N) is 1. The summed E-state index contributed by atoms with van der Waals surface area (Å²) >= 11 is 1.83. The monoisotopic (exact) mass is 403 g/mol. The Labute approximate surface area is 122 Å². The van der Waals surface area contributed by atoms with Crippen molar-refractivity contribution in [1.29, 1.82) is 0 Å². The zero-order valence-corrected chi connectivity index (χ0v) is 12.7. The SMILES string of the molecule is O=C1CC(S(=O)(=O)Cl)CN1c1ccc(I)c(F)c1. The van der Waals surface area contributed by atoms with Crippen LogP contribution in [0, 0.1) is 9.39 Å². The highest BCUT2D eigenvalue weighted by atomic mass is 127. The van der Waals surface area contributed by atoms with Crippen LogP contribution in [-0.2, 0) is 13.8 Å². The third-order valence-electron chi connectivity index (χ3n) is 2.70. The van der Waals surface area contributed by atoms with Crippen LogP contribution in [0.15, 0.2) is 18.2 Å². The molecule has 2 rings (SSSR count). The number of rotatable bonds is 2. The van der Waals surface area contributed by atoms with Crippen LogP contribution < -0.4 is 4.90 Å². The topological polar surface area (TPSA) is 54.5 Å². The fraction of sp³-hybridized carbons (Fsp3) is 0.300. The summed E-state index contributed by atoms with van der Waals surface area (Å²) in [5.74, 6) is -0.817. The molecule has 0 N–H and O–H groups in total. The van der Waals surface area contributed by atoms with Crippen molar-refractivity contribution in [2.45, 2.75) is 11.7 Å². The lowest BCUT2D eigenvalue weighted by Gasteiger charge is -2.16. The number of halogens is 3. The summed E-state index contributed by atoms with van der Waals surface area (Å²) in [5.41, 5.74) is 0.348. The smallest absolute Gasteiger partial charge is 0.237 e. The summed E-state index contributed by atoms with van der Waals surface area (Å²) in [7, 11) is 1.45. The maximum absolute atomic E-state index is 13.4. The Morgan fingerprint density at radius 1 is 1.44 bits per heavy atom. The Kier molecular flexibility index (Phi) is 3.84. The highest BCUT2D eigenvalue weighted by molar-refractivity contribution is 14.1. The zero-order valence-electron chi connectivity index (χ0n) is 8.94. The molecule has 1 amide bonds. The minimum Gasteiger partial charge on any atom is -0.311 e. The van der Waals surface area contributed by atoms with Gasteiger partial charge in [0, 0.05) is 32.9 Å². The normalized spacial score (nSPS) is 20.5. The van der Waals surface area contributed by atoms with E-state index < -0.39 is 20.1 Å². The molecule has 1 atom stereocenters. The summed E-state index contributed by atoms with van der Waals surface area (Å²) in [6.45, 7) is -0.0370. The van der Waals surface area contributed by atoms with E-state index in [1.54, 1.807) is 6.07 Å². The van der Waals surface area contributed by atoms with Crippen molar-refractivity contribution in [1.82, 2.24) is 0 Å². The van der Waals surface area contributed by atoms with Gasteiger partial charge in [-0.05, 0) is 40.8 Å². The van der Waals surface area contributed by atoms with Gasteiger partial charge in [0.05, 0.1) is 0 Å². The quantitative estimate of drug-likeness (QED) is 0.561. The van der Waals surface area contributed by atoms with Gasteiger partial charge in [0.1, 0.15) is 11.1 Å². The van der Waals surface area contributed by atoms with Crippen molar-refractivity contribution >= 4 is 53.9 Å². The van der Waals surface area contributed by atoms with Gasteiger partial charge in [-0.3, -0.25) is 4.79 Å². The van der Waals surface area contributed by atoms with Gasteiger partial charge < -0.3 is 4.90 Å². The van der Waals surface area contributed by atoms with E-state index in [9.17, 15) is 17.6 Å². The number of hydrogen-bond donors (Lipinski definition) is 0. The molecule has 1 saturated heterocycles. The molecule has 1 aromatic rings. The first-order chi connectivity index (χ1) is 8.29. The molecule has 0 radical (unpaired) electrons. The molecule has 1 fully saturated rings. The second kappa shape index (κ2) is 4.93. The summed E-state index contributed by atoms with van der Waals surface area (Å²) in [4.78, 5) is 12.9. The summed E-state index contributed by atoms with van der Waals surface area (Å²) in [6, 6.07) is 4.32. The summed E-state index contributed by atoms with van der Waals surface area (Å²) in [5, 5.41) is -0.936. The van der Waals surface area contributed by atoms with E-state index in [1.807, 2.05) is 22.6 Å². The molecule has 0 aromatic heterocycles. The first kappa shape index (κ1) is 14.0. The Hall–Kier alpha value is -0.410. The number of amides is 1. The van der Waals surface area contributed by atoms with E-state index in [0.29, 0.717) is 9.26 Å². The number of hydrogen-bond acceptors (Lipinski definition) is 3. The number of anilines is 1. The number of carbonyl (C=O) groups is 1. The Morgan fingerprint density at radius 2 is 2.11 bits per heavy atom. The molecule has 18 heavy (non-hydrogen) atoms. The molecule has 1 heterocycles. The van der Waals surface area contributed by atoms with E-state index in [4.69, 9.17) is 10.7 Å². The molecule has 98 valence electrons. The van der Waals surface area contributed by atoms with Crippen molar-refractivity contribution in [3.63, 3.8) is 0 Å². The third kappa shape index (κ3) is 2.77. The van der Waals surface area contributed by atoms with Crippen LogP contribution in [0.1, 0.15) is 6.42 Å². The molecule has 0 saturated carbocycles. The fourth-order valence-corrected chi connectivity index (χ4v) is 3.13. The molecule has 1 aromatic carbocycles. The lowest BCUT2D eigenvalue weighted by molar-refractivity contribution is -0.117. The van der Waals surface area contributed by atoms with Crippen LogP contribution in [0.2, 0.25) is 0 Å². The summed E-state index contributed by atoms with van der Waals surface area (Å²) < 4.78 is 36.2. The van der Waals surface area contributed by atoms with E-state index in [1.165, 1.54) is 17.0 Å². The lowest BCUT2D eigenvalue weighted by Crippen LogP contribution is -2.26. The lowest BCUT2D eigenvalue weighted by atomic mass is 10.3. The van der Waals surface area contributed by atoms with E-state index >= 15 is 0 Å². The van der Waals surface area contributed by atoms with E-state index in [0.717, 1.165) is 0 Å². The third-order valence-corrected chi connectivity index (χ3v) is 5.45. The van der Waals surface area contributed by atoms with Gasteiger partial charge in [-0.25, -0.2) is 12.8 Å². The van der Waals surface area contributed by atoms with Crippen LogP contribution in [0.5, 0.6) is 0 Å². The van der Waals surface area contributed by atoms with Crippen molar-refractivity contribution in [3.05, 3.63) is 27.6 Å². The minimum absolute atomic E-state index is 0.0370. The van der Waals surface area contributed by atoms with Crippen LogP contribution in [0.3, 0.4) is 0 Å². The first-order valence-corrected chi connectivity index (χ1v) is 8.43. The zero-order chi connectivity index (χ0) is 13.5. The summed E-state index contributed by atoms with van der Waals surface area (Å²) in [6.07, 6.45) is -0.167. The molecule has 0 bridgehead atoms. The van der Waals surface area contributed by atoms with E-state index in [-0.39, 0.29) is 18.9 Å². The Morgan fingerprint density at radius 3 is 2.61 bits per heavy atom. The Bertz CT molecular complexity index is 607. The molecule has 1 aliphatic heterocycles. The molecule has 4 nitrogen and oxygen atoms in total. The van der Waals surface area contributed by atoms with E-state index in [2.05, 4.69) is 0 Å². The standard InChI is InChI=1S/C10H8ClFINO3S/c11-18(16,17)7-4-10(15)14(5-7)6-1-2-9(13)8(12)3-6/h1-3,7H,4-5H2. The van der Waals surface area contributed by atoms with Crippen LogP contribution in [0.4, 0.5) is 10.1 Å². The van der Waals surface area contributed by atoms with Gasteiger partial charge >= 0.3 is 0 Å². The van der Waals surface area contributed by atoms with Crippen molar-refractivity contribution in [3.8, 4) is 0 Å². The highest BCUT2D eigenvalue weighted by Crippen LogP contribution is 2.28. The second-order valence-electron chi connectivity index (χ2n) is 3.90. The number of carbonyl (C=O) groups excluding carboxylic acids is 1. The molecular formula is C10H8ClFINO3S. The van der Waals surface area contributed by atoms with Crippen molar-refractivity contribution in [2.75, 3.05) is 11.4 Å². The highest BCUT2D eigenvalue weighted by Gasteiger charge is 2.38. The Balaban J connectivity index is 2.30. The average Bonchev–Trinajstić information content (AvgIpc) is 2.64. The molecule has 0 aliphatic carbocycles. The van der Waals surface area contributed by atoms with Crippen molar-refractivity contribution < 1.29 is 17.6 Å². The fourth-order valence-electron chi connectivity index (χ4n) is 1.77. The van der Waals surface area contributed by atoms with Crippen molar-refractivity contribution in [2.24, 2.45) is 0 Å². The van der Waals surface area contributed by atoms with Gasteiger partial charge in [-0.1, -0.05) is 0 Å². The predicted molar refractivity (Wildman–Crippen MR) is 74.6 cm³/mol. The average molecular weight is 404 g/mol. The van der Waals surface area contributed by atoms with Gasteiger partial charge in [0.15, 0.2) is 0 Å². The maximum Gasteiger partial charge on any atom is 0.237 e. The van der Waals surface area contributed by atoms with Gasteiger partial charge in [0.25, 0.3) is 0 Å². The van der Waals surface area contributed by atoms with Gasteiger partial charge in [0.2, 0.25) is 15.0 Å². The predicted octanol–water partition coefficient (Wildman–Crippen LogP) is 2.10. The van der Waals surface area contributed by atoms with Gasteiger partial charge in [-0.15, -0.1) is 0 Å². The van der Waals surface area contributed by atoms with Crippen LogP contribution in [0.25, 0.3) is 0 Å². The molecule has 8 heteroatoms. The molecular weight excluding hydrogens is 396 g/mol. The largest absolute Gasteiger partial charge is 0.311 e. The second-order valence-corrected chi connectivity index (χ2v) is 7.97. The van der Waals surface area contributed by atoms with Gasteiger partial charge in [-0.2, -0.15) is 0 Å². The molecule has 1 aliphatic rings. The molecule has 1 unspecified atom stereocenters. The first-order valence-electron chi connectivity index (χ1n) is 4.98. The number of benzene rings is 1. The van der Waals surface area contributed by atoms with Crippen LogP contribution >= 0.6 is 33.3 Å². The van der Waals surface area contributed by atoms with Crippen LogP contribution in [-0.4, -0.2) is 26.1 Å².